The minimum atomic E-state index is -1.01. The minimum absolute atomic E-state index is 0.0126. The second kappa shape index (κ2) is 35.7. The summed E-state index contributed by atoms with van der Waals surface area (Å²) in [4.78, 5) is 96.0. The van der Waals surface area contributed by atoms with E-state index in [4.69, 9.17) is 31.0 Å². The van der Waals surface area contributed by atoms with Crippen LogP contribution in [0.5, 0.6) is 0 Å². The Labute approximate surface area is 573 Å². The number of halogens is 2. The molecule has 0 spiro atoms. The van der Waals surface area contributed by atoms with E-state index in [2.05, 4.69) is 45.8 Å². The topological polar surface area (TPSA) is 260 Å². The van der Waals surface area contributed by atoms with Gasteiger partial charge in [-0.3, -0.25) is 19.2 Å². The zero-order chi connectivity index (χ0) is 70.1. The van der Waals surface area contributed by atoms with Crippen molar-refractivity contribution in [3.05, 3.63) is 287 Å². The fourth-order valence-electron chi connectivity index (χ4n) is 8.73. The van der Waals surface area contributed by atoms with Crippen LogP contribution in [0.3, 0.4) is 0 Å². The molecule has 6 heterocycles. The lowest BCUT2D eigenvalue weighted by Crippen LogP contribution is -2.25. The number of nitrogens with zero attached hydrogens (tertiary/aromatic N) is 13. The highest BCUT2D eigenvalue weighted by atomic mass is 79.9. The number of hydrogen-bond acceptors (Lipinski definition) is 15. The maximum atomic E-state index is 11.8. The van der Waals surface area contributed by atoms with Gasteiger partial charge in [-0.15, -0.1) is 0 Å². The maximum absolute atomic E-state index is 11.8. The Morgan fingerprint density at radius 1 is 0.433 bits per heavy atom. The third-order valence-electron chi connectivity index (χ3n) is 13.6. The van der Waals surface area contributed by atoms with Crippen LogP contribution in [-0.4, -0.2) is 130 Å². The summed E-state index contributed by atoms with van der Waals surface area (Å²) in [6, 6.07) is 47.4. The predicted octanol–water partition coefficient (Wildman–Crippen LogP) is 13.8. The molecule has 1 N–H and O–H groups in total. The van der Waals surface area contributed by atoms with Crippen molar-refractivity contribution in [2.45, 2.75) is 55.4 Å². The smallest absolute Gasteiger partial charge is 0.358 e. The van der Waals surface area contributed by atoms with Crippen LogP contribution in [0.1, 0.15) is 112 Å². The third-order valence-corrected chi connectivity index (χ3v) is 14.3. The number of carbonyl (C=O) groups excluding carboxylic acids is 5. The Balaban J connectivity index is 0.000000164. The maximum Gasteiger partial charge on any atom is 0.358 e. The third kappa shape index (κ3) is 21.8. The van der Waals surface area contributed by atoms with Gasteiger partial charge < -0.3 is 42.0 Å². The van der Waals surface area contributed by atoms with Gasteiger partial charge in [0.05, 0.1) is 20.3 Å². The molecule has 0 unspecified atom stereocenters. The molecule has 498 valence electrons. The lowest BCUT2D eigenvalue weighted by atomic mass is 10.2. The van der Waals surface area contributed by atoms with Gasteiger partial charge >= 0.3 is 17.9 Å². The van der Waals surface area contributed by atoms with E-state index >= 15 is 0 Å². The predicted molar refractivity (Wildman–Crippen MR) is 371 cm³/mol. The lowest BCUT2D eigenvalue weighted by molar-refractivity contribution is -0.0760. The van der Waals surface area contributed by atoms with Crippen molar-refractivity contribution in [1.82, 2.24) is 62.4 Å². The molecule has 0 aliphatic rings. The van der Waals surface area contributed by atoms with Gasteiger partial charge in [0.15, 0.2) is 22.9 Å². The van der Waals surface area contributed by atoms with Gasteiger partial charge in [0, 0.05) is 89.7 Å². The highest BCUT2D eigenvalue weighted by molar-refractivity contribution is 9.10. The van der Waals surface area contributed by atoms with Crippen LogP contribution >= 0.6 is 27.5 Å². The van der Waals surface area contributed by atoms with Crippen LogP contribution in [0.25, 0.3) is 34.1 Å². The summed E-state index contributed by atoms with van der Waals surface area (Å²) in [5.74, 6) is -2.09. The molecular weight excluding hydrogens is 1320 g/mol. The molecule has 0 fully saturated rings. The molecule has 0 radical (unpaired) electrons. The van der Waals surface area contributed by atoms with Crippen LogP contribution in [0.15, 0.2) is 225 Å². The van der Waals surface area contributed by atoms with E-state index in [-0.39, 0.29) is 29.0 Å². The van der Waals surface area contributed by atoms with Gasteiger partial charge in [0.1, 0.15) is 55.0 Å². The van der Waals surface area contributed by atoms with Gasteiger partial charge in [-0.05, 0) is 167 Å². The first-order valence-electron chi connectivity index (χ1n) is 30.0. The average molecular weight is 1390 g/mol. The van der Waals surface area contributed by atoms with Gasteiger partial charge in [0.25, 0.3) is 11.1 Å². The molecular formula is C72H71BrClN13O10. The summed E-state index contributed by atoms with van der Waals surface area (Å²) in [5.41, 5.74) is 13.4. The summed E-state index contributed by atoms with van der Waals surface area (Å²) in [6.07, 6.45) is 19.4. The monoisotopic (exact) mass is 1390 g/mol. The zero-order valence-electron chi connectivity index (χ0n) is 54.9. The number of hydroxylamine groups is 2. The summed E-state index contributed by atoms with van der Waals surface area (Å²) in [5, 5.41) is 9.33. The van der Waals surface area contributed by atoms with E-state index in [1.807, 2.05) is 189 Å². The highest BCUT2D eigenvalue weighted by Gasteiger charge is 2.16. The number of carboxylic acids is 1. The largest absolute Gasteiger partial charge is 0.476 e. The Hall–Kier alpha value is -11.5. The molecule has 0 aliphatic heterocycles. The van der Waals surface area contributed by atoms with Gasteiger partial charge in [-0.25, -0.2) is 49.4 Å². The fourth-order valence-corrected chi connectivity index (χ4v) is 9.22. The van der Waals surface area contributed by atoms with Gasteiger partial charge in [0.2, 0.25) is 0 Å². The number of ether oxygens (including phenoxy) is 2. The van der Waals surface area contributed by atoms with E-state index in [1.54, 1.807) is 102 Å². The van der Waals surface area contributed by atoms with Crippen molar-refractivity contribution in [1.29, 1.82) is 0 Å². The van der Waals surface area contributed by atoms with Crippen molar-refractivity contribution in [2.75, 3.05) is 27.4 Å². The summed E-state index contributed by atoms with van der Waals surface area (Å²) >= 11 is 8.72. The van der Waals surface area contributed by atoms with Crippen LogP contribution in [-0.2, 0) is 14.3 Å². The SMILES string of the molecule is CC(=O)c1cn(-c2cccc(C)c2)cn1.CCOC(=O)c1cn(-c2cccc(Br)c2)cn1.CCOC(=O)c1cn(-c2cccc(C)c2)cn1.CON(C)C(=O)c1cn(-c2cccc(C)c2)cn1.Cc1cccc(-n2cnc(C(=O)Cl)c2)c1.Cc1cccc(-n2cnc(C(=O)O)c2)c1. The number of ketones is 1. The second-order valence-electron chi connectivity index (χ2n) is 21.2. The molecule has 25 heteroatoms. The summed E-state index contributed by atoms with van der Waals surface area (Å²) in [7, 11) is 2.99. The number of amides is 1. The van der Waals surface area contributed by atoms with Crippen molar-refractivity contribution in [3.63, 3.8) is 0 Å². The van der Waals surface area contributed by atoms with Crippen molar-refractivity contribution >= 4 is 62.4 Å². The molecule has 23 nitrogen and oxygen atoms in total. The molecule has 0 saturated heterocycles. The van der Waals surface area contributed by atoms with Crippen LogP contribution in [0.4, 0.5) is 0 Å². The van der Waals surface area contributed by atoms with Crippen LogP contribution < -0.4 is 0 Å². The summed E-state index contributed by atoms with van der Waals surface area (Å²) in [6.45, 7) is 15.8. The van der Waals surface area contributed by atoms with E-state index < -0.39 is 17.2 Å². The Morgan fingerprint density at radius 3 is 0.990 bits per heavy atom. The first-order chi connectivity index (χ1) is 46.5. The van der Waals surface area contributed by atoms with Gasteiger partial charge in [-0.2, -0.15) is 0 Å². The number of imidazole rings is 6. The van der Waals surface area contributed by atoms with Gasteiger partial charge in [-0.1, -0.05) is 82.7 Å². The molecule has 0 saturated carbocycles. The van der Waals surface area contributed by atoms with E-state index in [0.29, 0.717) is 36.0 Å². The van der Waals surface area contributed by atoms with E-state index in [9.17, 15) is 28.8 Å². The first kappa shape index (κ1) is 72.9. The highest BCUT2D eigenvalue weighted by Crippen LogP contribution is 2.19. The number of esters is 2. The summed E-state index contributed by atoms with van der Waals surface area (Å²) < 4.78 is 21.4. The van der Waals surface area contributed by atoms with Crippen LogP contribution in [0, 0.1) is 34.6 Å². The number of hydrogen-bond donors (Lipinski definition) is 1. The number of aryl methyl sites for hydroxylation is 5. The Kier molecular flexibility index (Phi) is 26.8. The van der Waals surface area contributed by atoms with Crippen LogP contribution in [0.2, 0.25) is 0 Å². The number of aromatic carboxylic acids is 1. The molecule has 12 aromatic rings. The molecule has 6 aromatic heterocycles. The van der Waals surface area contributed by atoms with E-state index in [0.717, 1.165) is 65.9 Å². The number of carbonyl (C=O) groups is 6. The first-order valence-corrected chi connectivity index (χ1v) is 31.1. The average Bonchev–Trinajstić information content (AvgIpc) is 1.85. The van der Waals surface area contributed by atoms with E-state index in [1.165, 1.54) is 32.1 Å². The van der Waals surface area contributed by atoms with Crippen molar-refractivity contribution < 1.29 is 48.2 Å². The molecule has 0 bridgehead atoms. The molecule has 6 aromatic carbocycles. The quantitative estimate of drug-likeness (QED) is 0.0433. The standard InChI is InChI=1S/C13H15N3O2.C13H14N2O2.C12H11BrN2O2.C12H12N2O.C11H9ClN2O.C11H10N2O2/c1-10-5-4-6-11(7-10)16-8-12(14-9-16)13(17)15(2)18-3;1-3-17-13(16)12-8-15(9-14-12)11-6-4-5-10(2)7-11;1-2-17-12(16)11-7-15(8-14-11)10-5-3-4-9(13)6-10;1-9-4-3-5-11(6-9)14-7-12(10(2)15)13-8-14;1-8-3-2-4-9(5-8)14-6-10(11(12)15)13-7-14;1-8-3-2-4-9(5-8)13-6-10(11(14)15)12-7-13/h4-9H,1-3H3;4-9H,3H2,1-2H3;3-8H,2H2,1H3;3-8H,1-2H3;2-7H,1H3;2-7H,1H3,(H,14,15). The Morgan fingerprint density at radius 2 is 0.711 bits per heavy atom. The number of Topliss-reactive ketones (excluding diaryl/α,β-unsaturated/α-hetero) is 1. The number of benzene rings is 6. The number of rotatable bonds is 15. The molecule has 1 amide bonds. The second-order valence-corrected chi connectivity index (χ2v) is 22.5. The molecule has 97 heavy (non-hydrogen) atoms. The molecule has 0 aliphatic carbocycles. The number of carboxylic acid groups (broad SMARTS) is 1. The Bertz CT molecular complexity index is 4320. The minimum Gasteiger partial charge on any atom is -0.476 e. The normalized spacial score (nSPS) is 10.3. The molecule has 0 atom stereocenters. The lowest BCUT2D eigenvalue weighted by Gasteiger charge is -2.11. The van der Waals surface area contributed by atoms with Crippen molar-refractivity contribution in [3.8, 4) is 34.1 Å². The molecule has 12 rings (SSSR count). The zero-order valence-corrected chi connectivity index (χ0v) is 57.2. The van der Waals surface area contributed by atoms with Crippen molar-refractivity contribution in [2.24, 2.45) is 0 Å². The fraction of sp³-hybridized carbons (Fsp3) is 0.167. The number of aromatic nitrogens is 12.